The van der Waals surface area contributed by atoms with E-state index in [1.165, 1.54) is 0 Å². The van der Waals surface area contributed by atoms with Crippen molar-refractivity contribution in [3.8, 4) is 0 Å². The predicted octanol–water partition coefficient (Wildman–Crippen LogP) is 3.92. The highest BCUT2D eigenvalue weighted by Gasteiger charge is 2.24. The standard InChI is InChI=1S/C24H31N3O2/c1-4-18(3)25-24(29)21-11-7-8-12-22(21)27-15-13-19(14-16-27)26-23(28)20-10-6-5-9-17(20)2/h5-12,18-19H,4,13-16H2,1-3H3,(H,25,29)(H,26,28). The normalized spacial score (nSPS) is 15.6. The molecule has 5 heteroatoms. The first-order valence-corrected chi connectivity index (χ1v) is 10.5. The van der Waals surface area contributed by atoms with Crippen LogP contribution in [0.2, 0.25) is 0 Å². The highest BCUT2D eigenvalue weighted by Crippen LogP contribution is 2.24. The topological polar surface area (TPSA) is 61.4 Å². The second-order valence-corrected chi connectivity index (χ2v) is 7.85. The van der Waals surface area contributed by atoms with E-state index in [1.807, 2.05) is 62.4 Å². The molecule has 5 nitrogen and oxygen atoms in total. The average molecular weight is 394 g/mol. The van der Waals surface area contributed by atoms with Crippen molar-refractivity contribution in [1.82, 2.24) is 10.6 Å². The van der Waals surface area contributed by atoms with Gasteiger partial charge in [-0.1, -0.05) is 37.3 Å². The molecule has 2 amide bonds. The van der Waals surface area contributed by atoms with Crippen LogP contribution in [0.15, 0.2) is 48.5 Å². The predicted molar refractivity (Wildman–Crippen MR) is 118 cm³/mol. The number of aryl methyl sites for hydroxylation is 1. The van der Waals surface area contributed by atoms with E-state index in [2.05, 4.69) is 22.5 Å². The quantitative estimate of drug-likeness (QED) is 0.782. The van der Waals surface area contributed by atoms with Gasteiger partial charge in [0.2, 0.25) is 0 Å². The number of carbonyl (C=O) groups excluding carboxylic acids is 2. The maximum Gasteiger partial charge on any atom is 0.253 e. The highest BCUT2D eigenvalue weighted by molar-refractivity contribution is 6.00. The van der Waals surface area contributed by atoms with E-state index in [9.17, 15) is 9.59 Å². The fourth-order valence-electron chi connectivity index (χ4n) is 3.70. The summed E-state index contributed by atoms with van der Waals surface area (Å²) in [6.07, 6.45) is 2.62. The summed E-state index contributed by atoms with van der Waals surface area (Å²) in [5, 5.41) is 6.24. The lowest BCUT2D eigenvalue weighted by atomic mass is 10.0. The Kier molecular flexibility index (Phi) is 6.91. The fraction of sp³-hybridized carbons (Fsp3) is 0.417. The molecule has 1 unspecified atom stereocenters. The maximum atomic E-state index is 12.7. The highest BCUT2D eigenvalue weighted by atomic mass is 16.2. The summed E-state index contributed by atoms with van der Waals surface area (Å²) >= 11 is 0. The van der Waals surface area contributed by atoms with Gasteiger partial charge in [-0.3, -0.25) is 9.59 Å². The Morgan fingerprint density at radius 3 is 2.28 bits per heavy atom. The molecule has 1 saturated heterocycles. The van der Waals surface area contributed by atoms with Crippen LogP contribution in [0.5, 0.6) is 0 Å². The molecular weight excluding hydrogens is 362 g/mol. The molecule has 0 aromatic heterocycles. The second-order valence-electron chi connectivity index (χ2n) is 7.85. The van der Waals surface area contributed by atoms with Gasteiger partial charge in [-0.25, -0.2) is 0 Å². The molecule has 0 aliphatic carbocycles. The number of hydrogen-bond donors (Lipinski definition) is 2. The third-order valence-electron chi connectivity index (χ3n) is 5.70. The summed E-state index contributed by atoms with van der Waals surface area (Å²) in [5.74, 6) is -0.0280. The van der Waals surface area contributed by atoms with Crippen molar-refractivity contribution in [3.05, 3.63) is 65.2 Å². The van der Waals surface area contributed by atoms with E-state index in [-0.39, 0.29) is 23.9 Å². The summed E-state index contributed by atoms with van der Waals surface area (Å²) in [6.45, 7) is 7.66. The van der Waals surface area contributed by atoms with Gasteiger partial charge >= 0.3 is 0 Å². The molecule has 0 spiro atoms. The van der Waals surface area contributed by atoms with Crippen molar-refractivity contribution in [2.24, 2.45) is 0 Å². The minimum atomic E-state index is -0.0232. The summed E-state index contributed by atoms with van der Waals surface area (Å²) in [7, 11) is 0. The van der Waals surface area contributed by atoms with Gasteiger partial charge in [0, 0.05) is 36.4 Å². The molecule has 1 fully saturated rings. The van der Waals surface area contributed by atoms with Gasteiger partial charge in [0.1, 0.15) is 0 Å². The monoisotopic (exact) mass is 393 g/mol. The minimum Gasteiger partial charge on any atom is -0.371 e. The molecular formula is C24H31N3O2. The van der Waals surface area contributed by atoms with Crippen molar-refractivity contribution in [1.29, 1.82) is 0 Å². The van der Waals surface area contributed by atoms with Crippen LogP contribution in [0.25, 0.3) is 0 Å². The van der Waals surface area contributed by atoms with Crippen LogP contribution in [0, 0.1) is 6.92 Å². The SMILES string of the molecule is CCC(C)NC(=O)c1ccccc1N1CCC(NC(=O)c2ccccc2C)CC1. The molecule has 0 radical (unpaired) electrons. The Hall–Kier alpha value is -2.82. The van der Waals surface area contributed by atoms with Crippen LogP contribution in [0.1, 0.15) is 59.4 Å². The number of piperidine rings is 1. The van der Waals surface area contributed by atoms with Gasteiger partial charge in [0.15, 0.2) is 0 Å². The molecule has 0 bridgehead atoms. The zero-order chi connectivity index (χ0) is 20.8. The van der Waals surface area contributed by atoms with E-state index >= 15 is 0 Å². The Labute approximate surface area is 173 Å². The third kappa shape index (κ3) is 5.17. The van der Waals surface area contributed by atoms with E-state index in [4.69, 9.17) is 0 Å². The lowest BCUT2D eigenvalue weighted by molar-refractivity contribution is 0.0927. The first-order valence-electron chi connectivity index (χ1n) is 10.5. The van der Waals surface area contributed by atoms with E-state index in [1.54, 1.807) is 0 Å². The van der Waals surface area contributed by atoms with Crippen LogP contribution in [0.4, 0.5) is 5.69 Å². The van der Waals surface area contributed by atoms with Gasteiger partial charge < -0.3 is 15.5 Å². The van der Waals surface area contributed by atoms with Crippen molar-refractivity contribution >= 4 is 17.5 Å². The van der Waals surface area contributed by atoms with Gasteiger partial charge in [-0.2, -0.15) is 0 Å². The number of hydrogen-bond acceptors (Lipinski definition) is 3. The molecule has 29 heavy (non-hydrogen) atoms. The van der Waals surface area contributed by atoms with Crippen molar-refractivity contribution in [2.45, 2.75) is 52.1 Å². The van der Waals surface area contributed by atoms with Crippen LogP contribution in [-0.2, 0) is 0 Å². The van der Waals surface area contributed by atoms with Crippen molar-refractivity contribution in [3.63, 3.8) is 0 Å². The van der Waals surface area contributed by atoms with E-state index < -0.39 is 0 Å². The molecule has 2 aromatic carbocycles. The molecule has 1 aliphatic rings. The van der Waals surface area contributed by atoms with Gasteiger partial charge in [-0.05, 0) is 56.9 Å². The number of benzene rings is 2. The molecule has 0 saturated carbocycles. The number of amides is 2. The molecule has 1 aliphatic heterocycles. The molecule has 3 rings (SSSR count). The molecule has 1 heterocycles. The van der Waals surface area contributed by atoms with Crippen LogP contribution < -0.4 is 15.5 Å². The summed E-state index contributed by atoms with van der Waals surface area (Å²) in [6, 6.07) is 15.7. The minimum absolute atomic E-state index is 0.00474. The molecule has 2 N–H and O–H groups in total. The van der Waals surface area contributed by atoms with Crippen molar-refractivity contribution in [2.75, 3.05) is 18.0 Å². The number of carbonyl (C=O) groups is 2. The number of para-hydroxylation sites is 1. The third-order valence-corrected chi connectivity index (χ3v) is 5.70. The summed E-state index contributed by atoms with van der Waals surface area (Å²) in [5.41, 5.74) is 3.41. The van der Waals surface area contributed by atoms with Crippen LogP contribution >= 0.6 is 0 Å². The zero-order valence-electron chi connectivity index (χ0n) is 17.6. The summed E-state index contributed by atoms with van der Waals surface area (Å²) in [4.78, 5) is 27.5. The van der Waals surface area contributed by atoms with Gasteiger partial charge in [0.25, 0.3) is 11.8 Å². The van der Waals surface area contributed by atoms with E-state index in [0.29, 0.717) is 0 Å². The largest absolute Gasteiger partial charge is 0.371 e. The first-order chi connectivity index (χ1) is 14.0. The van der Waals surface area contributed by atoms with Gasteiger partial charge in [-0.15, -0.1) is 0 Å². The Bertz CT molecular complexity index is 857. The first kappa shape index (κ1) is 20.9. The Morgan fingerprint density at radius 2 is 1.62 bits per heavy atom. The molecule has 2 aromatic rings. The maximum absolute atomic E-state index is 12.7. The number of rotatable bonds is 6. The lowest BCUT2D eigenvalue weighted by Gasteiger charge is -2.35. The average Bonchev–Trinajstić information content (AvgIpc) is 2.74. The Balaban J connectivity index is 1.62. The number of anilines is 1. The van der Waals surface area contributed by atoms with Gasteiger partial charge in [0.05, 0.1) is 5.56 Å². The number of nitrogens with zero attached hydrogens (tertiary/aromatic N) is 1. The fourth-order valence-corrected chi connectivity index (χ4v) is 3.70. The second kappa shape index (κ2) is 9.59. The number of nitrogens with one attached hydrogen (secondary N) is 2. The molecule has 154 valence electrons. The zero-order valence-corrected chi connectivity index (χ0v) is 17.6. The van der Waals surface area contributed by atoms with E-state index in [0.717, 1.165) is 54.7 Å². The van der Waals surface area contributed by atoms with Crippen LogP contribution in [0.3, 0.4) is 0 Å². The Morgan fingerprint density at radius 1 is 1.00 bits per heavy atom. The smallest absolute Gasteiger partial charge is 0.253 e. The lowest BCUT2D eigenvalue weighted by Crippen LogP contribution is -2.45. The van der Waals surface area contributed by atoms with Crippen molar-refractivity contribution < 1.29 is 9.59 Å². The summed E-state index contributed by atoms with van der Waals surface area (Å²) < 4.78 is 0. The molecule has 1 atom stereocenters. The van der Waals surface area contributed by atoms with Crippen LogP contribution in [-0.4, -0.2) is 37.0 Å².